The second-order valence-electron chi connectivity index (χ2n) is 4.03. The van der Waals surface area contributed by atoms with E-state index >= 15 is 0 Å². The van der Waals surface area contributed by atoms with Gasteiger partial charge in [-0.15, -0.1) is 5.46 Å². The predicted octanol–water partition coefficient (Wildman–Crippen LogP) is 0.720. The predicted molar refractivity (Wildman–Crippen MR) is 65.3 cm³/mol. The zero-order chi connectivity index (χ0) is 12.5. The quantitative estimate of drug-likeness (QED) is 0.708. The van der Waals surface area contributed by atoms with Gasteiger partial charge in [0.05, 0.1) is 0 Å². The first kappa shape index (κ1) is 16.0. The second kappa shape index (κ2) is 6.39. The van der Waals surface area contributed by atoms with Crippen LogP contribution in [0.2, 0.25) is 0 Å². The summed E-state index contributed by atoms with van der Waals surface area (Å²) in [6, 6.07) is 13.1. The number of hydrogen-bond donors (Lipinski definition) is 0. The average Bonchev–Trinajstić information content (AvgIpc) is 2.29. The molecule has 0 aliphatic heterocycles. The minimum Gasteiger partial charge on any atom is -0.445 e. The molecule has 0 aliphatic carbocycles. The Labute approximate surface area is 147 Å². The first-order valence-corrected chi connectivity index (χ1v) is 5.34. The summed E-state index contributed by atoms with van der Waals surface area (Å²) in [7, 11) is 0. The van der Waals surface area contributed by atoms with Crippen molar-refractivity contribution in [1.29, 1.82) is 0 Å². The van der Waals surface area contributed by atoms with E-state index in [-0.39, 0.29) is 56.9 Å². The maximum atomic E-state index is 13.0. The topological polar surface area (TPSA) is 0 Å². The number of aryl methyl sites for hydroxylation is 1. The molecule has 18 heavy (non-hydrogen) atoms. The van der Waals surface area contributed by atoms with Crippen molar-refractivity contribution in [3.63, 3.8) is 0 Å². The molecule has 0 saturated carbocycles. The average molecular weight is 274 g/mol. The largest absolute Gasteiger partial charge is 1.00 e. The van der Waals surface area contributed by atoms with Gasteiger partial charge in [0, 0.05) is 0 Å². The Morgan fingerprint density at radius 1 is 0.889 bits per heavy atom. The molecule has 0 heterocycles. The van der Waals surface area contributed by atoms with Gasteiger partial charge in [0.1, 0.15) is 0 Å². The summed E-state index contributed by atoms with van der Waals surface area (Å²) in [4.78, 5) is 0. The van der Waals surface area contributed by atoms with Gasteiger partial charge in [0.15, 0.2) is 0 Å². The van der Waals surface area contributed by atoms with Crippen molar-refractivity contribution in [1.82, 2.24) is 0 Å². The van der Waals surface area contributed by atoms with Crippen LogP contribution in [0.25, 0.3) is 11.1 Å². The Bertz CT molecular complexity index is 524. The summed E-state index contributed by atoms with van der Waals surface area (Å²) in [5, 5.41) is 0. The molecular formula is C13H11BF3K. The first-order chi connectivity index (χ1) is 7.98. The van der Waals surface area contributed by atoms with Gasteiger partial charge < -0.3 is 12.9 Å². The summed E-state index contributed by atoms with van der Waals surface area (Å²) in [6.07, 6.45) is 0. The van der Waals surface area contributed by atoms with E-state index in [2.05, 4.69) is 0 Å². The van der Waals surface area contributed by atoms with Crippen LogP contribution in [0.5, 0.6) is 0 Å². The van der Waals surface area contributed by atoms with Crippen LogP contribution in [0.15, 0.2) is 48.5 Å². The van der Waals surface area contributed by atoms with E-state index in [0.717, 1.165) is 0 Å². The Morgan fingerprint density at radius 2 is 1.50 bits per heavy atom. The normalized spacial score (nSPS) is 10.9. The molecule has 0 unspecified atom stereocenters. The van der Waals surface area contributed by atoms with Crippen molar-refractivity contribution in [2.75, 3.05) is 0 Å². The van der Waals surface area contributed by atoms with Crippen LogP contribution in [0.4, 0.5) is 12.9 Å². The van der Waals surface area contributed by atoms with Crippen LogP contribution in [0, 0.1) is 6.92 Å². The van der Waals surface area contributed by atoms with E-state index in [1.807, 2.05) is 0 Å². The zero-order valence-electron chi connectivity index (χ0n) is 10.3. The van der Waals surface area contributed by atoms with Crippen molar-refractivity contribution in [2.45, 2.75) is 6.92 Å². The van der Waals surface area contributed by atoms with Crippen molar-refractivity contribution in [3.8, 4) is 11.1 Å². The first-order valence-electron chi connectivity index (χ1n) is 5.34. The third kappa shape index (κ3) is 3.71. The Kier molecular flexibility index (Phi) is 5.68. The van der Waals surface area contributed by atoms with E-state index in [1.54, 1.807) is 43.3 Å². The molecule has 0 fully saturated rings. The molecule has 2 rings (SSSR count). The molecule has 0 aliphatic rings. The van der Waals surface area contributed by atoms with Gasteiger partial charge in [0.2, 0.25) is 0 Å². The van der Waals surface area contributed by atoms with Crippen LogP contribution < -0.4 is 56.8 Å². The molecule has 2 aromatic carbocycles. The van der Waals surface area contributed by atoms with Gasteiger partial charge in [-0.1, -0.05) is 54.1 Å². The summed E-state index contributed by atoms with van der Waals surface area (Å²) in [5.41, 5.74) is 0.959. The van der Waals surface area contributed by atoms with Crippen molar-refractivity contribution >= 4 is 12.4 Å². The summed E-state index contributed by atoms with van der Waals surface area (Å²) in [6.45, 7) is -3.32. The Morgan fingerprint density at radius 3 is 2.06 bits per heavy atom. The molecule has 0 bridgehead atoms. The summed E-state index contributed by atoms with van der Waals surface area (Å²) < 4.78 is 38.9. The maximum absolute atomic E-state index is 13.0. The molecule has 0 atom stereocenters. The fourth-order valence-corrected chi connectivity index (χ4v) is 1.83. The number of hydrogen-bond acceptors (Lipinski definition) is 0. The third-order valence-corrected chi connectivity index (χ3v) is 2.64. The molecule has 0 radical (unpaired) electrons. The molecule has 5 heteroatoms. The molecule has 0 nitrogen and oxygen atoms in total. The molecule has 0 spiro atoms. The molecule has 0 N–H and O–H groups in total. The van der Waals surface area contributed by atoms with E-state index in [0.29, 0.717) is 11.1 Å². The summed E-state index contributed by atoms with van der Waals surface area (Å²) in [5.74, 6) is 0. The van der Waals surface area contributed by atoms with Gasteiger partial charge in [0.25, 0.3) is 0 Å². The molecule has 0 saturated heterocycles. The van der Waals surface area contributed by atoms with E-state index in [1.165, 1.54) is 12.1 Å². The van der Waals surface area contributed by atoms with Crippen molar-refractivity contribution < 1.29 is 64.3 Å². The molecule has 2 aromatic rings. The van der Waals surface area contributed by atoms with Gasteiger partial charge in [-0.2, -0.15) is 0 Å². The molecule has 0 aromatic heterocycles. The van der Waals surface area contributed by atoms with Crippen molar-refractivity contribution in [3.05, 3.63) is 54.1 Å². The molecular weight excluding hydrogens is 263 g/mol. The Hall–Kier alpha value is -0.0687. The minimum atomic E-state index is -4.98. The van der Waals surface area contributed by atoms with Gasteiger partial charge in [-0.3, -0.25) is 0 Å². The maximum Gasteiger partial charge on any atom is 1.00 e. The van der Waals surface area contributed by atoms with Gasteiger partial charge in [-0.05, 0) is 18.1 Å². The van der Waals surface area contributed by atoms with Crippen LogP contribution in [-0.2, 0) is 0 Å². The van der Waals surface area contributed by atoms with Crippen molar-refractivity contribution in [2.24, 2.45) is 0 Å². The summed E-state index contributed by atoms with van der Waals surface area (Å²) >= 11 is 0. The van der Waals surface area contributed by atoms with Gasteiger partial charge in [-0.25, -0.2) is 0 Å². The van der Waals surface area contributed by atoms with Crippen LogP contribution in [0.1, 0.15) is 5.56 Å². The third-order valence-electron chi connectivity index (χ3n) is 2.64. The monoisotopic (exact) mass is 274 g/mol. The molecule has 0 amide bonds. The number of benzene rings is 2. The Balaban J connectivity index is 0.00000162. The standard InChI is InChI=1S/C13H11BF3.K/c1-10-7-8-12(11-5-3-2-4-6-11)13(9-10)14(15,16)17;/h2-9H,1H3;/q-1;+1. The zero-order valence-corrected chi connectivity index (χ0v) is 13.5. The SMILES string of the molecule is Cc1ccc(-c2ccccc2)c([B-](F)(F)F)c1.[K+]. The van der Waals surface area contributed by atoms with Crippen LogP contribution in [-0.4, -0.2) is 6.98 Å². The number of rotatable bonds is 2. The number of halogens is 3. The van der Waals surface area contributed by atoms with E-state index < -0.39 is 12.4 Å². The fraction of sp³-hybridized carbons (Fsp3) is 0.0769. The smallest absolute Gasteiger partial charge is 0.445 e. The van der Waals surface area contributed by atoms with Crippen LogP contribution >= 0.6 is 0 Å². The minimum absolute atomic E-state index is 0. The van der Waals surface area contributed by atoms with E-state index in [4.69, 9.17) is 0 Å². The second-order valence-corrected chi connectivity index (χ2v) is 4.03. The van der Waals surface area contributed by atoms with Gasteiger partial charge >= 0.3 is 58.4 Å². The van der Waals surface area contributed by atoms with E-state index in [9.17, 15) is 12.9 Å². The van der Waals surface area contributed by atoms with Crippen LogP contribution in [0.3, 0.4) is 0 Å². The molecule has 88 valence electrons. The fourth-order valence-electron chi connectivity index (χ4n) is 1.83.